The van der Waals surface area contributed by atoms with Gasteiger partial charge in [0.1, 0.15) is 0 Å². The van der Waals surface area contributed by atoms with E-state index in [9.17, 15) is 0 Å². The molecule has 0 amide bonds. The molecule has 0 radical (unpaired) electrons. The second-order valence-electron chi connectivity index (χ2n) is 5.09. The normalized spacial score (nSPS) is 37.1. The van der Waals surface area contributed by atoms with Crippen molar-refractivity contribution in [1.82, 2.24) is 0 Å². The van der Waals surface area contributed by atoms with Crippen LogP contribution in [0.15, 0.2) is 0 Å². The van der Waals surface area contributed by atoms with E-state index >= 15 is 0 Å². The van der Waals surface area contributed by atoms with Gasteiger partial charge in [0.2, 0.25) is 0 Å². The van der Waals surface area contributed by atoms with Gasteiger partial charge in [-0.1, -0.05) is 13.8 Å². The Morgan fingerprint density at radius 1 is 1.36 bits per heavy atom. The molecule has 0 aromatic heterocycles. The maximum absolute atomic E-state index is 2.40. The molecule has 1 saturated heterocycles. The Bertz CT molecular complexity index is 140. The number of hydrogen-bond donors (Lipinski definition) is 0. The van der Waals surface area contributed by atoms with Crippen molar-refractivity contribution in [3.8, 4) is 0 Å². The SMILES string of the molecule is CC[N+]1(C)CCCC(C)(C)C1. The van der Waals surface area contributed by atoms with Gasteiger partial charge in [0.05, 0.1) is 26.7 Å². The predicted molar refractivity (Wildman–Crippen MR) is 49.5 cm³/mol. The topological polar surface area (TPSA) is 0 Å². The third-order valence-electron chi connectivity index (χ3n) is 3.12. The van der Waals surface area contributed by atoms with Gasteiger partial charge in [0, 0.05) is 5.41 Å². The lowest BCUT2D eigenvalue weighted by atomic mass is 9.83. The van der Waals surface area contributed by atoms with Gasteiger partial charge in [-0.05, 0) is 19.8 Å². The largest absolute Gasteiger partial charge is 0.326 e. The Labute approximate surface area is 71.0 Å². The van der Waals surface area contributed by atoms with Crippen LogP contribution in [0, 0.1) is 5.41 Å². The Morgan fingerprint density at radius 2 is 2.00 bits per heavy atom. The van der Waals surface area contributed by atoms with Gasteiger partial charge < -0.3 is 4.48 Å². The molecule has 11 heavy (non-hydrogen) atoms. The van der Waals surface area contributed by atoms with Crippen molar-refractivity contribution in [3.05, 3.63) is 0 Å². The second kappa shape index (κ2) is 2.78. The third kappa shape index (κ3) is 2.19. The average molecular weight is 156 g/mol. The molecular formula is C10H22N+. The maximum atomic E-state index is 2.40. The molecule has 0 aromatic rings. The number of hydrogen-bond acceptors (Lipinski definition) is 0. The highest BCUT2D eigenvalue weighted by Gasteiger charge is 2.34. The van der Waals surface area contributed by atoms with Gasteiger partial charge in [-0.2, -0.15) is 0 Å². The van der Waals surface area contributed by atoms with Crippen LogP contribution in [0.25, 0.3) is 0 Å². The molecule has 1 aliphatic heterocycles. The first-order chi connectivity index (χ1) is 4.97. The fourth-order valence-electron chi connectivity index (χ4n) is 2.40. The lowest BCUT2D eigenvalue weighted by Crippen LogP contribution is -2.53. The smallest absolute Gasteiger partial charge is 0.0836 e. The quantitative estimate of drug-likeness (QED) is 0.511. The van der Waals surface area contributed by atoms with Gasteiger partial charge in [0.25, 0.3) is 0 Å². The zero-order chi connectivity index (χ0) is 8.54. The highest BCUT2D eigenvalue weighted by molar-refractivity contribution is 4.71. The van der Waals surface area contributed by atoms with Crippen molar-refractivity contribution in [2.45, 2.75) is 33.6 Å². The van der Waals surface area contributed by atoms with Gasteiger partial charge in [-0.15, -0.1) is 0 Å². The zero-order valence-corrected chi connectivity index (χ0v) is 8.48. The summed E-state index contributed by atoms with van der Waals surface area (Å²) in [7, 11) is 2.39. The van der Waals surface area contributed by atoms with E-state index in [1.165, 1.54) is 37.0 Å². The van der Waals surface area contributed by atoms with Crippen LogP contribution in [-0.4, -0.2) is 31.2 Å². The van der Waals surface area contributed by atoms with Gasteiger partial charge in [0.15, 0.2) is 0 Å². The van der Waals surface area contributed by atoms with Gasteiger partial charge in [-0.25, -0.2) is 0 Å². The van der Waals surface area contributed by atoms with Crippen LogP contribution in [0.2, 0.25) is 0 Å². The minimum absolute atomic E-state index is 0.586. The lowest BCUT2D eigenvalue weighted by molar-refractivity contribution is -0.919. The molecule has 1 rings (SSSR count). The Balaban J connectivity index is 2.59. The first-order valence-corrected chi connectivity index (χ1v) is 4.81. The van der Waals surface area contributed by atoms with Crippen LogP contribution in [0.5, 0.6) is 0 Å². The van der Waals surface area contributed by atoms with E-state index in [4.69, 9.17) is 0 Å². The second-order valence-corrected chi connectivity index (χ2v) is 5.09. The molecule has 66 valence electrons. The molecule has 0 aromatic carbocycles. The molecule has 0 N–H and O–H groups in total. The summed E-state index contributed by atoms with van der Waals surface area (Å²) in [5.41, 5.74) is 0.586. The minimum Gasteiger partial charge on any atom is -0.326 e. The van der Waals surface area contributed by atoms with E-state index in [2.05, 4.69) is 27.8 Å². The molecule has 0 aliphatic carbocycles. The summed E-state index contributed by atoms with van der Waals surface area (Å²) < 4.78 is 1.28. The third-order valence-corrected chi connectivity index (χ3v) is 3.12. The number of rotatable bonds is 1. The van der Waals surface area contributed by atoms with Crippen molar-refractivity contribution in [3.63, 3.8) is 0 Å². The Morgan fingerprint density at radius 3 is 2.36 bits per heavy atom. The monoisotopic (exact) mass is 156 g/mol. The van der Waals surface area contributed by atoms with Crippen molar-refractivity contribution in [2.75, 3.05) is 26.7 Å². The molecule has 1 atom stereocenters. The van der Waals surface area contributed by atoms with Crippen molar-refractivity contribution in [1.29, 1.82) is 0 Å². The van der Waals surface area contributed by atoms with E-state index in [0.717, 1.165) is 0 Å². The zero-order valence-electron chi connectivity index (χ0n) is 8.48. The molecule has 1 unspecified atom stereocenters. The van der Waals surface area contributed by atoms with Crippen LogP contribution in [0.4, 0.5) is 0 Å². The number of nitrogens with zero attached hydrogens (tertiary/aromatic N) is 1. The highest BCUT2D eigenvalue weighted by Crippen LogP contribution is 2.31. The average Bonchev–Trinajstić information content (AvgIpc) is 1.85. The first kappa shape index (κ1) is 9.05. The fraction of sp³-hybridized carbons (Fsp3) is 1.00. The van der Waals surface area contributed by atoms with Gasteiger partial charge >= 0.3 is 0 Å². The summed E-state index contributed by atoms with van der Waals surface area (Å²) >= 11 is 0. The van der Waals surface area contributed by atoms with E-state index in [-0.39, 0.29) is 0 Å². The Kier molecular flexibility index (Phi) is 2.29. The molecule has 1 nitrogen and oxygen atoms in total. The van der Waals surface area contributed by atoms with Crippen molar-refractivity contribution >= 4 is 0 Å². The number of quaternary nitrogens is 1. The van der Waals surface area contributed by atoms with Crippen LogP contribution in [0.1, 0.15) is 33.6 Å². The van der Waals surface area contributed by atoms with Crippen molar-refractivity contribution < 1.29 is 4.48 Å². The first-order valence-electron chi connectivity index (χ1n) is 4.81. The molecule has 1 aliphatic rings. The number of likely N-dealkylation sites (tertiary alicyclic amines) is 1. The van der Waals surface area contributed by atoms with Crippen LogP contribution in [-0.2, 0) is 0 Å². The van der Waals surface area contributed by atoms with E-state index < -0.39 is 0 Å². The molecule has 1 fully saturated rings. The lowest BCUT2D eigenvalue weighted by Gasteiger charge is -2.44. The van der Waals surface area contributed by atoms with Crippen LogP contribution >= 0.6 is 0 Å². The van der Waals surface area contributed by atoms with E-state index in [0.29, 0.717) is 5.41 Å². The summed E-state index contributed by atoms with van der Waals surface area (Å²) in [6.45, 7) is 11.2. The maximum Gasteiger partial charge on any atom is 0.0836 e. The molecule has 0 spiro atoms. The van der Waals surface area contributed by atoms with Crippen LogP contribution in [0.3, 0.4) is 0 Å². The predicted octanol–water partition coefficient (Wildman–Crippen LogP) is 2.27. The summed E-state index contributed by atoms with van der Waals surface area (Å²) in [5.74, 6) is 0. The molecular weight excluding hydrogens is 134 g/mol. The Hall–Kier alpha value is -0.0400. The summed E-state index contributed by atoms with van der Waals surface area (Å²) in [6, 6.07) is 0. The van der Waals surface area contributed by atoms with E-state index in [1.807, 2.05) is 0 Å². The van der Waals surface area contributed by atoms with Crippen molar-refractivity contribution in [2.24, 2.45) is 5.41 Å². The van der Waals surface area contributed by atoms with E-state index in [1.54, 1.807) is 0 Å². The molecule has 1 heterocycles. The molecule has 0 saturated carbocycles. The summed E-state index contributed by atoms with van der Waals surface area (Å²) in [5, 5.41) is 0. The molecule has 1 heteroatoms. The summed E-state index contributed by atoms with van der Waals surface area (Å²) in [6.07, 6.45) is 2.83. The molecule has 0 bridgehead atoms. The number of piperidine rings is 1. The summed E-state index contributed by atoms with van der Waals surface area (Å²) in [4.78, 5) is 0. The van der Waals surface area contributed by atoms with Gasteiger partial charge in [-0.3, -0.25) is 0 Å². The minimum atomic E-state index is 0.586. The standard InChI is InChI=1S/C10H22N/c1-5-11(4)8-6-7-10(2,3)9-11/h5-9H2,1-4H3/q+1. The fourth-order valence-corrected chi connectivity index (χ4v) is 2.40. The highest BCUT2D eigenvalue weighted by atomic mass is 15.3. The van der Waals surface area contributed by atoms with Crippen LogP contribution < -0.4 is 0 Å².